The minimum absolute atomic E-state index is 0.817. The monoisotopic (exact) mass is 232 g/mol. The Balaban J connectivity index is 4.33. The molecule has 0 bridgehead atoms. The van der Waals surface area contributed by atoms with Crippen LogP contribution in [0.15, 0.2) is 0 Å². The van der Waals surface area contributed by atoms with E-state index in [0.717, 1.165) is 0 Å². The zero-order chi connectivity index (χ0) is 11.4. The predicted molar refractivity (Wildman–Crippen MR) is 43.1 cm³/mol. The first-order valence-electron chi connectivity index (χ1n) is 3.63. The van der Waals surface area contributed by atoms with Gasteiger partial charge in [0.1, 0.15) is 18.3 Å². The van der Waals surface area contributed by atoms with Crippen LogP contribution in [-0.2, 0) is 9.09 Å². The molecule has 6 N–H and O–H groups in total. The van der Waals surface area contributed by atoms with E-state index in [2.05, 4.69) is 4.52 Å². The lowest BCUT2D eigenvalue weighted by atomic mass is 10.1. The Hall–Kier alpha value is -0.0500. The van der Waals surface area contributed by atoms with Crippen molar-refractivity contribution >= 4 is 7.82 Å². The third kappa shape index (κ3) is 4.99. The van der Waals surface area contributed by atoms with E-state index in [0.29, 0.717) is 0 Å². The van der Waals surface area contributed by atoms with Gasteiger partial charge in [-0.2, -0.15) is 0 Å². The smallest absolute Gasteiger partial charge is 0.394 e. The summed E-state index contributed by atoms with van der Waals surface area (Å²) in [6.07, 6.45) is -5.07. The van der Waals surface area contributed by atoms with E-state index in [-0.39, 0.29) is 0 Å². The van der Waals surface area contributed by atoms with E-state index >= 15 is 0 Å². The molecule has 0 saturated heterocycles. The maximum Gasteiger partial charge on any atom is 0.470 e. The molecule has 0 aromatic heterocycles. The van der Waals surface area contributed by atoms with Gasteiger partial charge in [-0.15, -0.1) is 0 Å². The van der Waals surface area contributed by atoms with Crippen LogP contribution in [0, 0.1) is 0 Å². The number of phosphoric acid groups is 1. The summed E-state index contributed by atoms with van der Waals surface area (Å²) in [5.74, 6) is 0. The highest BCUT2D eigenvalue weighted by Gasteiger charge is 2.31. The third-order valence-corrected chi connectivity index (χ3v) is 1.96. The Labute approximate surface area is 79.6 Å². The molecule has 8 nitrogen and oxygen atoms in total. The topological polar surface area (TPSA) is 148 Å². The van der Waals surface area contributed by atoms with Gasteiger partial charge in [0.25, 0.3) is 0 Å². The van der Waals surface area contributed by atoms with Crippen molar-refractivity contribution < 1.29 is 39.3 Å². The van der Waals surface area contributed by atoms with Crippen molar-refractivity contribution in [2.75, 3.05) is 13.2 Å². The summed E-state index contributed by atoms with van der Waals surface area (Å²) in [6, 6.07) is 0. The third-order valence-electron chi connectivity index (χ3n) is 1.41. The van der Waals surface area contributed by atoms with Crippen LogP contribution in [0.25, 0.3) is 0 Å². The molecule has 0 aliphatic heterocycles. The Morgan fingerprint density at radius 3 is 1.93 bits per heavy atom. The van der Waals surface area contributed by atoms with E-state index in [1.165, 1.54) is 0 Å². The highest BCUT2D eigenvalue weighted by atomic mass is 31.2. The molecule has 0 aromatic rings. The van der Waals surface area contributed by atoms with Gasteiger partial charge >= 0.3 is 7.82 Å². The van der Waals surface area contributed by atoms with Crippen LogP contribution >= 0.6 is 7.82 Å². The molecule has 0 aromatic carbocycles. The SMILES string of the molecule is O=P(O)(O)O[C@@H](CO)[C@@H](O)[C@H](O)CO. The van der Waals surface area contributed by atoms with Gasteiger partial charge in [0.15, 0.2) is 0 Å². The number of hydrogen-bond donors (Lipinski definition) is 6. The summed E-state index contributed by atoms with van der Waals surface area (Å²) >= 11 is 0. The molecule has 86 valence electrons. The lowest BCUT2D eigenvalue weighted by Crippen LogP contribution is -2.42. The van der Waals surface area contributed by atoms with Crippen molar-refractivity contribution in [3.63, 3.8) is 0 Å². The fourth-order valence-corrected chi connectivity index (χ4v) is 1.28. The average molecular weight is 232 g/mol. The summed E-state index contributed by atoms with van der Waals surface area (Å²) in [5.41, 5.74) is 0. The second kappa shape index (κ2) is 5.74. The van der Waals surface area contributed by atoms with E-state index < -0.39 is 39.3 Å². The summed E-state index contributed by atoms with van der Waals surface area (Å²) < 4.78 is 14.3. The van der Waals surface area contributed by atoms with Crippen LogP contribution in [0.2, 0.25) is 0 Å². The maximum absolute atomic E-state index is 10.3. The molecule has 0 aliphatic rings. The van der Waals surface area contributed by atoms with Gasteiger partial charge in [0, 0.05) is 0 Å². The fraction of sp³-hybridized carbons (Fsp3) is 1.00. The molecular weight excluding hydrogens is 219 g/mol. The number of rotatable bonds is 6. The summed E-state index contributed by atoms with van der Waals surface area (Å²) in [7, 11) is -4.86. The number of phosphoric ester groups is 1. The van der Waals surface area contributed by atoms with Crippen molar-refractivity contribution in [1.82, 2.24) is 0 Å². The first-order valence-corrected chi connectivity index (χ1v) is 5.16. The Morgan fingerprint density at radius 2 is 1.64 bits per heavy atom. The number of aliphatic hydroxyl groups is 4. The van der Waals surface area contributed by atoms with E-state index in [1.807, 2.05) is 0 Å². The molecule has 9 heteroatoms. The molecule has 0 spiro atoms. The fourth-order valence-electron chi connectivity index (χ4n) is 0.736. The second-order valence-corrected chi connectivity index (χ2v) is 3.75. The van der Waals surface area contributed by atoms with Crippen molar-refractivity contribution in [2.24, 2.45) is 0 Å². The van der Waals surface area contributed by atoms with Crippen molar-refractivity contribution in [1.29, 1.82) is 0 Å². The minimum atomic E-state index is -4.86. The van der Waals surface area contributed by atoms with E-state index in [1.54, 1.807) is 0 Å². The molecule has 0 heterocycles. The summed E-state index contributed by atoms with van der Waals surface area (Å²) in [4.78, 5) is 16.7. The van der Waals surface area contributed by atoms with Crippen LogP contribution in [0.4, 0.5) is 0 Å². The van der Waals surface area contributed by atoms with Gasteiger partial charge in [0.05, 0.1) is 13.2 Å². The van der Waals surface area contributed by atoms with Gasteiger partial charge < -0.3 is 30.2 Å². The zero-order valence-electron chi connectivity index (χ0n) is 7.09. The molecular formula is C5H13O8P. The van der Waals surface area contributed by atoms with Crippen molar-refractivity contribution in [3.8, 4) is 0 Å². The van der Waals surface area contributed by atoms with Gasteiger partial charge in [0.2, 0.25) is 0 Å². The lowest BCUT2D eigenvalue weighted by Gasteiger charge is -2.24. The molecule has 0 aliphatic carbocycles. The molecule has 14 heavy (non-hydrogen) atoms. The zero-order valence-corrected chi connectivity index (χ0v) is 7.99. The van der Waals surface area contributed by atoms with Crippen LogP contribution in [0.3, 0.4) is 0 Å². The van der Waals surface area contributed by atoms with E-state index in [4.69, 9.17) is 30.2 Å². The van der Waals surface area contributed by atoms with E-state index in [9.17, 15) is 4.57 Å². The van der Waals surface area contributed by atoms with Gasteiger partial charge in [-0.3, -0.25) is 4.52 Å². The molecule has 0 radical (unpaired) electrons. The minimum Gasteiger partial charge on any atom is -0.394 e. The average Bonchev–Trinajstić information content (AvgIpc) is 2.10. The number of aliphatic hydroxyl groups excluding tert-OH is 4. The molecule has 0 amide bonds. The standard InChI is InChI=1S/C5H13O8P/c6-1-3(8)5(9)4(2-7)13-14(10,11)12/h3-9H,1-2H2,(H2,10,11,12)/t3-,4+,5+/m1/s1. The van der Waals surface area contributed by atoms with Gasteiger partial charge in [-0.05, 0) is 0 Å². The Morgan fingerprint density at radius 1 is 1.14 bits per heavy atom. The Bertz CT molecular complexity index is 202. The van der Waals surface area contributed by atoms with Crippen molar-refractivity contribution in [3.05, 3.63) is 0 Å². The van der Waals surface area contributed by atoms with Crippen LogP contribution in [0.1, 0.15) is 0 Å². The van der Waals surface area contributed by atoms with Crippen LogP contribution < -0.4 is 0 Å². The van der Waals surface area contributed by atoms with Crippen molar-refractivity contribution in [2.45, 2.75) is 18.3 Å². The molecule has 3 atom stereocenters. The maximum atomic E-state index is 10.3. The first-order chi connectivity index (χ1) is 6.31. The molecule has 0 fully saturated rings. The molecule has 0 unspecified atom stereocenters. The lowest BCUT2D eigenvalue weighted by molar-refractivity contribution is -0.0871. The highest BCUT2D eigenvalue weighted by molar-refractivity contribution is 7.46. The number of hydrogen-bond acceptors (Lipinski definition) is 6. The summed E-state index contributed by atoms with van der Waals surface area (Å²) in [5, 5.41) is 35.0. The quantitative estimate of drug-likeness (QED) is 0.268. The van der Waals surface area contributed by atoms with Crippen LogP contribution in [-0.4, -0.2) is 61.7 Å². The van der Waals surface area contributed by atoms with Gasteiger partial charge in [-0.1, -0.05) is 0 Å². The molecule has 0 rings (SSSR count). The van der Waals surface area contributed by atoms with Crippen LogP contribution in [0.5, 0.6) is 0 Å². The first kappa shape index (κ1) is 13.9. The highest BCUT2D eigenvalue weighted by Crippen LogP contribution is 2.38. The Kier molecular flexibility index (Phi) is 5.72. The normalized spacial score (nSPS) is 19.0. The molecule has 0 saturated carbocycles. The largest absolute Gasteiger partial charge is 0.470 e. The second-order valence-electron chi connectivity index (χ2n) is 2.56. The predicted octanol–water partition coefficient (Wildman–Crippen LogP) is -2.83. The summed E-state index contributed by atoms with van der Waals surface area (Å²) in [6.45, 7) is -1.72. The van der Waals surface area contributed by atoms with Gasteiger partial charge in [-0.25, -0.2) is 4.57 Å².